The van der Waals surface area contributed by atoms with Crippen LogP contribution in [0.1, 0.15) is 49.7 Å². The van der Waals surface area contributed by atoms with Gasteiger partial charge in [0.1, 0.15) is 12.4 Å². The predicted octanol–water partition coefficient (Wildman–Crippen LogP) is 5.38. The fourth-order valence-electron chi connectivity index (χ4n) is 5.55. The first-order valence-corrected chi connectivity index (χ1v) is 14.5. The van der Waals surface area contributed by atoms with Gasteiger partial charge in [-0.05, 0) is 48.4 Å². The van der Waals surface area contributed by atoms with Gasteiger partial charge in [-0.2, -0.15) is 11.8 Å². The highest BCUT2D eigenvalue weighted by Crippen LogP contribution is 2.49. The number of ketones is 1. The Morgan fingerprint density at radius 1 is 0.975 bits per heavy atom. The molecule has 4 rings (SSSR count). The van der Waals surface area contributed by atoms with E-state index < -0.39 is 11.9 Å². The number of esters is 1. The van der Waals surface area contributed by atoms with Crippen molar-refractivity contribution >= 4 is 23.5 Å². The maximum absolute atomic E-state index is 14.0. The number of nitrogens with one attached hydrogen (secondary N) is 1. The number of allylic oxidation sites excluding steroid dienone is 3. The van der Waals surface area contributed by atoms with Crippen LogP contribution in [0.5, 0.6) is 23.0 Å². The highest BCUT2D eigenvalue weighted by Gasteiger charge is 2.42. The Kier molecular flexibility index (Phi) is 9.68. The van der Waals surface area contributed by atoms with E-state index in [1.807, 2.05) is 31.2 Å². The van der Waals surface area contributed by atoms with Crippen molar-refractivity contribution < 1.29 is 33.3 Å². The van der Waals surface area contributed by atoms with E-state index in [9.17, 15) is 9.59 Å². The molecular weight excluding hydrogens is 530 g/mol. The van der Waals surface area contributed by atoms with Crippen LogP contribution in [0, 0.1) is 0 Å². The fourth-order valence-corrected chi connectivity index (χ4v) is 6.04. The topological polar surface area (TPSA) is 92.3 Å². The monoisotopic (exact) mass is 567 g/mol. The van der Waals surface area contributed by atoms with Crippen molar-refractivity contribution in [3.8, 4) is 23.0 Å². The van der Waals surface area contributed by atoms with E-state index in [1.165, 1.54) is 7.11 Å². The van der Waals surface area contributed by atoms with Crippen LogP contribution in [0.2, 0.25) is 0 Å². The maximum Gasteiger partial charge on any atom is 0.336 e. The molecule has 0 saturated carbocycles. The molecule has 2 aromatic rings. The normalized spacial score (nSPS) is 18.6. The molecule has 1 aliphatic carbocycles. The van der Waals surface area contributed by atoms with E-state index in [1.54, 1.807) is 45.2 Å². The molecule has 0 saturated heterocycles. The van der Waals surface area contributed by atoms with Crippen molar-refractivity contribution in [3.63, 3.8) is 0 Å². The summed E-state index contributed by atoms with van der Waals surface area (Å²) in [5.41, 5.74) is 4.07. The molecule has 0 aromatic heterocycles. The van der Waals surface area contributed by atoms with Crippen LogP contribution in [0.25, 0.3) is 0 Å². The molecule has 40 heavy (non-hydrogen) atoms. The summed E-state index contributed by atoms with van der Waals surface area (Å²) in [4.78, 5) is 27.6. The van der Waals surface area contributed by atoms with Crippen LogP contribution >= 0.6 is 11.8 Å². The lowest BCUT2D eigenvalue weighted by atomic mass is 9.71. The second-order valence-corrected chi connectivity index (χ2v) is 10.9. The Labute approximate surface area is 240 Å². The number of hydrogen-bond donors (Lipinski definition) is 1. The Morgan fingerprint density at radius 3 is 2.27 bits per heavy atom. The van der Waals surface area contributed by atoms with Crippen molar-refractivity contribution in [2.75, 3.05) is 46.6 Å². The third-order valence-electron chi connectivity index (χ3n) is 7.31. The molecule has 0 spiro atoms. The van der Waals surface area contributed by atoms with Gasteiger partial charge in [0.25, 0.3) is 0 Å². The molecule has 8 nitrogen and oxygen atoms in total. The van der Waals surface area contributed by atoms with Gasteiger partial charge in [-0.25, -0.2) is 4.79 Å². The Morgan fingerprint density at radius 2 is 1.65 bits per heavy atom. The van der Waals surface area contributed by atoms with E-state index in [-0.39, 0.29) is 24.7 Å². The van der Waals surface area contributed by atoms with Crippen LogP contribution in [-0.2, 0) is 14.3 Å². The Bertz CT molecular complexity index is 1310. The zero-order chi connectivity index (χ0) is 28.8. The van der Waals surface area contributed by atoms with Gasteiger partial charge in [-0.1, -0.05) is 25.1 Å². The average molecular weight is 568 g/mol. The first kappa shape index (κ1) is 29.4. The predicted molar refractivity (Wildman–Crippen MR) is 156 cm³/mol. The van der Waals surface area contributed by atoms with E-state index in [0.717, 1.165) is 22.8 Å². The second kappa shape index (κ2) is 13.2. The van der Waals surface area contributed by atoms with Crippen molar-refractivity contribution in [3.05, 3.63) is 70.1 Å². The minimum atomic E-state index is -0.664. The van der Waals surface area contributed by atoms with Gasteiger partial charge in [0.05, 0.1) is 34.0 Å². The fraction of sp³-hybridized carbons (Fsp3) is 0.419. The molecule has 0 bridgehead atoms. The average Bonchev–Trinajstić information content (AvgIpc) is 2.97. The Hall–Kier alpha value is -3.59. The first-order valence-electron chi connectivity index (χ1n) is 13.3. The van der Waals surface area contributed by atoms with Gasteiger partial charge in [0.15, 0.2) is 17.3 Å². The number of hydrogen-bond acceptors (Lipinski definition) is 9. The number of rotatable bonds is 11. The van der Waals surface area contributed by atoms with Crippen molar-refractivity contribution in [1.29, 1.82) is 0 Å². The van der Waals surface area contributed by atoms with Crippen molar-refractivity contribution in [2.45, 2.75) is 38.5 Å². The van der Waals surface area contributed by atoms with Crippen LogP contribution in [0.3, 0.4) is 0 Å². The van der Waals surface area contributed by atoms with Gasteiger partial charge in [-0.3, -0.25) is 4.79 Å². The largest absolute Gasteiger partial charge is 0.496 e. The van der Waals surface area contributed by atoms with Gasteiger partial charge >= 0.3 is 5.97 Å². The highest BCUT2D eigenvalue weighted by molar-refractivity contribution is 7.99. The summed E-state index contributed by atoms with van der Waals surface area (Å²) in [5, 5.41) is 3.40. The Balaban J connectivity index is 1.83. The van der Waals surface area contributed by atoms with Gasteiger partial charge < -0.3 is 29.0 Å². The summed E-state index contributed by atoms with van der Waals surface area (Å²) in [7, 11) is 6.26. The number of Topliss-reactive ketones (excluding diaryl/α,β-unsaturated/α-hetero) is 1. The molecule has 1 N–H and O–H groups in total. The van der Waals surface area contributed by atoms with Gasteiger partial charge in [-0.15, -0.1) is 0 Å². The lowest BCUT2D eigenvalue weighted by Crippen LogP contribution is -2.36. The standard InChI is InChI=1S/C31H37NO7S/c1-7-40-13-12-39-31(34)27-18(2)32-22-14-19(21-10-8-9-11-24(21)35-3)15-23(33)29(22)28(27)20-16-25(36-4)30(38-6)26(17-20)37-5/h8-11,16-17,19,28,32H,7,12-15H2,1-6H3/t19-,28-/m0/s1. The summed E-state index contributed by atoms with van der Waals surface area (Å²) >= 11 is 1.70. The first-order chi connectivity index (χ1) is 19.4. The molecule has 0 amide bonds. The zero-order valence-electron chi connectivity index (χ0n) is 23.9. The minimum Gasteiger partial charge on any atom is -0.496 e. The van der Waals surface area contributed by atoms with Crippen LogP contribution < -0.4 is 24.3 Å². The van der Waals surface area contributed by atoms with E-state index in [4.69, 9.17) is 23.7 Å². The summed E-state index contributed by atoms with van der Waals surface area (Å²) in [5.74, 6) is 2.49. The number of methoxy groups -OCH3 is 4. The molecule has 0 fully saturated rings. The van der Waals surface area contributed by atoms with Crippen LogP contribution in [0.4, 0.5) is 0 Å². The number of para-hydroxylation sites is 1. The lowest BCUT2D eigenvalue weighted by molar-refractivity contribution is -0.138. The molecule has 0 unspecified atom stereocenters. The minimum absolute atomic E-state index is 0.0391. The molecule has 2 aliphatic rings. The van der Waals surface area contributed by atoms with Gasteiger partial charge in [0, 0.05) is 41.0 Å². The molecule has 0 radical (unpaired) electrons. The molecule has 214 valence electrons. The van der Waals surface area contributed by atoms with Gasteiger partial charge in [0.2, 0.25) is 5.75 Å². The van der Waals surface area contributed by atoms with E-state index >= 15 is 0 Å². The number of dihydropyridines is 1. The SMILES string of the molecule is CCSCCOC(=O)C1=C(C)NC2=C(C(=O)C[C@@H](c3ccccc3OC)C2)[C@H]1c1cc(OC)c(OC)c(OC)c1. The number of carbonyl (C=O) groups excluding carboxylic acids is 2. The molecule has 2 atom stereocenters. The molecule has 9 heteroatoms. The summed E-state index contributed by atoms with van der Waals surface area (Å²) in [6.45, 7) is 4.20. The molecule has 1 heterocycles. The number of carbonyl (C=O) groups is 2. The van der Waals surface area contributed by atoms with E-state index in [2.05, 4.69) is 12.2 Å². The van der Waals surface area contributed by atoms with E-state index in [0.29, 0.717) is 51.8 Å². The summed E-state index contributed by atoms with van der Waals surface area (Å²) in [6, 6.07) is 11.4. The second-order valence-electron chi connectivity index (χ2n) is 9.55. The molecular formula is C31H37NO7S. The molecule has 2 aromatic carbocycles. The summed E-state index contributed by atoms with van der Waals surface area (Å²) < 4.78 is 28.1. The van der Waals surface area contributed by atoms with Crippen LogP contribution in [0.15, 0.2) is 58.9 Å². The van der Waals surface area contributed by atoms with Crippen LogP contribution in [-0.4, -0.2) is 58.3 Å². The number of benzene rings is 2. The van der Waals surface area contributed by atoms with Crippen molar-refractivity contribution in [1.82, 2.24) is 5.32 Å². The molecule has 1 aliphatic heterocycles. The lowest BCUT2D eigenvalue weighted by Gasteiger charge is -2.37. The smallest absolute Gasteiger partial charge is 0.336 e. The highest BCUT2D eigenvalue weighted by atomic mass is 32.2. The third-order valence-corrected chi connectivity index (χ3v) is 8.18. The third kappa shape index (κ3) is 5.80. The van der Waals surface area contributed by atoms with Crippen molar-refractivity contribution in [2.24, 2.45) is 0 Å². The number of thioether (sulfide) groups is 1. The summed E-state index contributed by atoms with van der Waals surface area (Å²) in [6.07, 6.45) is 0.880. The number of ether oxygens (including phenoxy) is 5. The maximum atomic E-state index is 14.0. The zero-order valence-corrected chi connectivity index (χ0v) is 24.7. The quantitative estimate of drug-likeness (QED) is 0.284.